The highest BCUT2D eigenvalue weighted by atomic mass is 16.1. The maximum absolute atomic E-state index is 11.3. The first-order valence-corrected chi connectivity index (χ1v) is 6.73. The molecule has 0 aromatic heterocycles. The number of carbonyl (C=O) groups excluding carboxylic acids is 1. The zero-order chi connectivity index (χ0) is 13.6. The summed E-state index contributed by atoms with van der Waals surface area (Å²) in [7, 11) is 0. The predicted molar refractivity (Wildman–Crippen MR) is 78.4 cm³/mol. The summed E-state index contributed by atoms with van der Waals surface area (Å²) in [6, 6.07) is 15.0. The third-order valence-corrected chi connectivity index (χ3v) is 4.10. The number of Topliss-reactive ketones (excluding diaryl/α,β-unsaturated/α-hetero) is 1. The molecule has 1 heteroatoms. The van der Waals surface area contributed by atoms with Gasteiger partial charge >= 0.3 is 0 Å². The normalized spacial score (nSPS) is 14.9. The summed E-state index contributed by atoms with van der Waals surface area (Å²) in [5.74, 6) is 0.216. The number of rotatable bonds is 2. The fourth-order valence-corrected chi connectivity index (χ4v) is 3.15. The lowest BCUT2D eigenvalue weighted by Gasteiger charge is -2.21. The molecule has 2 aromatic carbocycles. The van der Waals surface area contributed by atoms with Gasteiger partial charge in [0.25, 0.3) is 0 Å². The largest absolute Gasteiger partial charge is 0.300 e. The number of hydrogen-bond acceptors (Lipinski definition) is 1. The van der Waals surface area contributed by atoms with Crippen LogP contribution in [-0.4, -0.2) is 5.78 Å². The Morgan fingerprint density at radius 1 is 1.00 bits per heavy atom. The number of hydrogen-bond donors (Lipinski definition) is 0. The van der Waals surface area contributed by atoms with Crippen LogP contribution >= 0.6 is 0 Å². The van der Waals surface area contributed by atoms with Crippen LogP contribution in [0.4, 0.5) is 0 Å². The molecule has 19 heavy (non-hydrogen) atoms. The quantitative estimate of drug-likeness (QED) is 0.783. The van der Waals surface area contributed by atoms with Crippen LogP contribution < -0.4 is 0 Å². The molecule has 0 aliphatic heterocycles. The molecule has 0 saturated carbocycles. The Morgan fingerprint density at radius 2 is 1.68 bits per heavy atom. The van der Waals surface area contributed by atoms with Crippen molar-refractivity contribution >= 4 is 5.78 Å². The molecule has 3 rings (SSSR count). The van der Waals surface area contributed by atoms with E-state index in [0.717, 1.165) is 5.56 Å². The molecule has 0 heterocycles. The van der Waals surface area contributed by atoms with Gasteiger partial charge in [-0.25, -0.2) is 0 Å². The lowest BCUT2D eigenvalue weighted by molar-refractivity contribution is -0.116. The van der Waals surface area contributed by atoms with Crippen molar-refractivity contribution in [2.24, 2.45) is 0 Å². The summed E-state index contributed by atoms with van der Waals surface area (Å²) >= 11 is 0. The highest BCUT2D eigenvalue weighted by Crippen LogP contribution is 2.48. The summed E-state index contributed by atoms with van der Waals surface area (Å²) < 4.78 is 0. The predicted octanol–water partition coefficient (Wildman–Crippen LogP) is 4.12. The summed E-state index contributed by atoms with van der Waals surface area (Å²) in [6.45, 7) is 6.16. The van der Waals surface area contributed by atoms with Crippen LogP contribution in [0, 0.1) is 0 Å². The minimum absolute atomic E-state index is 0.0265. The smallest absolute Gasteiger partial charge is 0.134 e. The van der Waals surface area contributed by atoms with Gasteiger partial charge in [0.15, 0.2) is 0 Å². The van der Waals surface area contributed by atoms with Crippen LogP contribution in [0.2, 0.25) is 0 Å². The maximum Gasteiger partial charge on any atom is 0.134 e. The zero-order valence-electron chi connectivity index (χ0n) is 11.7. The van der Waals surface area contributed by atoms with Crippen molar-refractivity contribution in [2.75, 3.05) is 0 Å². The van der Waals surface area contributed by atoms with Crippen LogP contribution in [0.25, 0.3) is 11.1 Å². The number of carbonyl (C=O) groups is 1. The van der Waals surface area contributed by atoms with E-state index >= 15 is 0 Å². The third kappa shape index (κ3) is 1.81. The van der Waals surface area contributed by atoms with Gasteiger partial charge in [-0.15, -0.1) is 0 Å². The zero-order valence-corrected chi connectivity index (χ0v) is 11.7. The van der Waals surface area contributed by atoms with Gasteiger partial charge in [-0.2, -0.15) is 0 Å². The molecule has 1 aliphatic rings. The Hall–Kier alpha value is -1.89. The summed E-state index contributed by atoms with van der Waals surface area (Å²) in [5, 5.41) is 0. The first-order valence-electron chi connectivity index (χ1n) is 6.73. The van der Waals surface area contributed by atoms with Gasteiger partial charge in [-0.05, 0) is 34.7 Å². The van der Waals surface area contributed by atoms with Crippen molar-refractivity contribution in [3.05, 3.63) is 59.2 Å². The van der Waals surface area contributed by atoms with Gasteiger partial charge in [-0.1, -0.05) is 56.3 Å². The van der Waals surface area contributed by atoms with Crippen LogP contribution in [0.5, 0.6) is 0 Å². The average Bonchev–Trinajstić information content (AvgIpc) is 2.59. The van der Waals surface area contributed by atoms with E-state index < -0.39 is 0 Å². The molecule has 0 fully saturated rings. The molecular weight excluding hydrogens is 232 g/mol. The molecule has 0 atom stereocenters. The highest BCUT2D eigenvalue weighted by molar-refractivity contribution is 5.82. The SMILES string of the molecule is CC(=O)Cc1ccc2c(c1)C(C)(C)c1ccccc1-2. The van der Waals surface area contributed by atoms with Crippen molar-refractivity contribution in [3.8, 4) is 11.1 Å². The van der Waals surface area contributed by atoms with E-state index in [2.05, 4.69) is 56.3 Å². The van der Waals surface area contributed by atoms with E-state index in [1.807, 2.05) is 0 Å². The van der Waals surface area contributed by atoms with E-state index in [0.29, 0.717) is 6.42 Å². The first-order chi connectivity index (χ1) is 9.00. The lowest BCUT2D eigenvalue weighted by Crippen LogP contribution is -2.15. The fraction of sp³-hybridized carbons (Fsp3) is 0.278. The van der Waals surface area contributed by atoms with Gasteiger partial charge in [0.1, 0.15) is 5.78 Å². The lowest BCUT2D eigenvalue weighted by atomic mass is 9.82. The van der Waals surface area contributed by atoms with E-state index in [1.165, 1.54) is 22.3 Å². The Labute approximate surface area is 114 Å². The molecule has 0 amide bonds. The average molecular weight is 250 g/mol. The van der Waals surface area contributed by atoms with Gasteiger partial charge in [0.05, 0.1) is 0 Å². The summed E-state index contributed by atoms with van der Waals surface area (Å²) in [4.78, 5) is 11.3. The second kappa shape index (κ2) is 4.06. The van der Waals surface area contributed by atoms with Crippen LogP contribution in [-0.2, 0) is 16.6 Å². The van der Waals surface area contributed by atoms with Gasteiger partial charge in [0, 0.05) is 11.8 Å². The molecular formula is C18H18O. The van der Waals surface area contributed by atoms with Crippen molar-refractivity contribution in [2.45, 2.75) is 32.6 Å². The molecule has 0 radical (unpaired) electrons. The standard InChI is InChI=1S/C18H18O/c1-12(19)10-13-8-9-15-14-6-4-5-7-16(14)18(2,3)17(15)11-13/h4-9,11H,10H2,1-3H3. The number of fused-ring (bicyclic) bond motifs is 3. The minimum Gasteiger partial charge on any atom is -0.300 e. The van der Waals surface area contributed by atoms with Crippen LogP contribution in [0.3, 0.4) is 0 Å². The number of benzene rings is 2. The Bertz CT molecular complexity index is 665. The van der Waals surface area contributed by atoms with E-state index in [1.54, 1.807) is 6.92 Å². The molecule has 0 unspecified atom stereocenters. The summed E-state index contributed by atoms with van der Waals surface area (Å²) in [5.41, 5.74) is 6.51. The Kier molecular flexibility index (Phi) is 2.60. The number of ketones is 1. The van der Waals surface area contributed by atoms with Crippen molar-refractivity contribution < 1.29 is 4.79 Å². The molecule has 2 aromatic rings. The highest BCUT2D eigenvalue weighted by Gasteiger charge is 2.34. The van der Waals surface area contributed by atoms with Crippen molar-refractivity contribution in [1.82, 2.24) is 0 Å². The molecule has 96 valence electrons. The van der Waals surface area contributed by atoms with E-state index in [-0.39, 0.29) is 11.2 Å². The first kappa shape index (κ1) is 12.2. The van der Waals surface area contributed by atoms with Crippen LogP contribution in [0.15, 0.2) is 42.5 Å². The third-order valence-electron chi connectivity index (χ3n) is 4.10. The van der Waals surface area contributed by atoms with Crippen molar-refractivity contribution in [1.29, 1.82) is 0 Å². The van der Waals surface area contributed by atoms with E-state index in [9.17, 15) is 4.79 Å². The molecule has 1 aliphatic carbocycles. The second-order valence-corrected chi connectivity index (χ2v) is 5.93. The monoisotopic (exact) mass is 250 g/mol. The summed E-state index contributed by atoms with van der Waals surface area (Å²) in [6.07, 6.45) is 0.527. The van der Waals surface area contributed by atoms with E-state index in [4.69, 9.17) is 0 Å². The molecule has 1 nitrogen and oxygen atoms in total. The second-order valence-electron chi connectivity index (χ2n) is 5.93. The molecule has 0 spiro atoms. The fourth-order valence-electron chi connectivity index (χ4n) is 3.15. The Morgan fingerprint density at radius 3 is 2.42 bits per heavy atom. The van der Waals surface area contributed by atoms with Gasteiger partial charge in [0.2, 0.25) is 0 Å². The molecule has 0 N–H and O–H groups in total. The molecule has 0 saturated heterocycles. The Balaban J connectivity index is 2.18. The minimum atomic E-state index is 0.0265. The van der Waals surface area contributed by atoms with Crippen molar-refractivity contribution in [3.63, 3.8) is 0 Å². The maximum atomic E-state index is 11.3. The molecule has 0 bridgehead atoms. The van der Waals surface area contributed by atoms with Gasteiger partial charge < -0.3 is 0 Å². The van der Waals surface area contributed by atoms with Gasteiger partial charge in [-0.3, -0.25) is 4.79 Å². The topological polar surface area (TPSA) is 17.1 Å². The van der Waals surface area contributed by atoms with Crippen LogP contribution in [0.1, 0.15) is 37.5 Å².